The van der Waals surface area contributed by atoms with Gasteiger partial charge in [0, 0.05) is 19.3 Å². The number of hydrogen-bond acceptors (Lipinski definition) is 1. The SMILES string of the molecule is COc1ccc(C[C@H]2CCC[NH2+]2)cc1. The molecule has 1 aliphatic heterocycles. The van der Waals surface area contributed by atoms with Crippen molar-refractivity contribution in [3.8, 4) is 5.75 Å². The lowest BCUT2D eigenvalue weighted by Crippen LogP contribution is -2.87. The van der Waals surface area contributed by atoms with Crippen molar-refractivity contribution in [2.75, 3.05) is 13.7 Å². The molecule has 0 aliphatic carbocycles. The lowest BCUT2D eigenvalue weighted by molar-refractivity contribution is -0.669. The van der Waals surface area contributed by atoms with Crippen LogP contribution in [0.15, 0.2) is 24.3 Å². The summed E-state index contributed by atoms with van der Waals surface area (Å²) in [5.41, 5.74) is 1.42. The fourth-order valence-electron chi connectivity index (χ4n) is 2.10. The molecule has 0 amide bonds. The minimum absolute atomic E-state index is 0.809. The van der Waals surface area contributed by atoms with E-state index in [2.05, 4.69) is 17.4 Å². The maximum atomic E-state index is 5.13. The van der Waals surface area contributed by atoms with E-state index in [1.54, 1.807) is 7.11 Å². The lowest BCUT2D eigenvalue weighted by Gasteiger charge is -2.07. The molecule has 0 aromatic heterocycles. The van der Waals surface area contributed by atoms with E-state index in [1.165, 1.54) is 31.4 Å². The molecule has 0 bridgehead atoms. The van der Waals surface area contributed by atoms with Crippen LogP contribution >= 0.6 is 0 Å². The molecule has 2 nitrogen and oxygen atoms in total. The molecule has 14 heavy (non-hydrogen) atoms. The van der Waals surface area contributed by atoms with Gasteiger partial charge in [0.15, 0.2) is 0 Å². The zero-order chi connectivity index (χ0) is 9.80. The summed E-state index contributed by atoms with van der Waals surface area (Å²) in [6, 6.07) is 9.24. The first kappa shape index (κ1) is 9.53. The van der Waals surface area contributed by atoms with Crippen LogP contribution in [0, 0.1) is 0 Å². The van der Waals surface area contributed by atoms with E-state index in [9.17, 15) is 0 Å². The minimum atomic E-state index is 0.809. The quantitative estimate of drug-likeness (QED) is 0.758. The molecule has 1 aromatic rings. The molecular weight excluding hydrogens is 174 g/mol. The van der Waals surface area contributed by atoms with Gasteiger partial charge in [0.2, 0.25) is 0 Å². The van der Waals surface area contributed by atoms with E-state index in [4.69, 9.17) is 4.74 Å². The fraction of sp³-hybridized carbons (Fsp3) is 0.500. The fourth-order valence-corrected chi connectivity index (χ4v) is 2.10. The van der Waals surface area contributed by atoms with Crippen molar-refractivity contribution in [3.05, 3.63) is 29.8 Å². The average molecular weight is 192 g/mol. The summed E-state index contributed by atoms with van der Waals surface area (Å²) in [6.45, 7) is 1.31. The van der Waals surface area contributed by atoms with Gasteiger partial charge < -0.3 is 10.1 Å². The summed E-state index contributed by atoms with van der Waals surface area (Å²) in [6.07, 6.45) is 3.94. The van der Waals surface area contributed by atoms with Crippen molar-refractivity contribution >= 4 is 0 Å². The van der Waals surface area contributed by atoms with Crippen LogP contribution in [0.1, 0.15) is 18.4 Å². The maximum absolute atomic E-state index is 5.13. The van der Waals surface area contributed by atoms with Crippen LogP contribution in [0.5, 0.6) is 5.75 Å². The molecule has 1 saturated heterocycles. The van der Waals surface area contributed by atoms with E-state index in [-0.39, 0.29) is 0 Å². The second-order valence-corrected chi connectivity index (χ2v) is 3.98. The first-order valence-corrected chi connectivity index (χ1v) is 5.35. The van der Waals surface area contributed by atoms with Crippen LogP contribution in [-0.2, 0) is 6.42 Å². The Morgan fingerprint density at radius 1 is 1.36 bits per heavy atom. The number of methoxy groups -OCH3 is 1. The highest BCUT2D eigenvalue weighted by Crippen LogP contribution is 2.13. The van der Waals surface area contributed by atoms with Crippen LogP contribution < -0.4 is 10.1 Å². The molecule has 0 saturated carbocycles. The molecule has 0 radical (unpaired) electrons. The van der Waals surface area contributed by atoms with Gasteiger partial charge in [-0.1, -0.05) is 12.1 Å². The maximum Gasteiger partial charge on any atom is 0.118 e. The molecule has 2 N–H and O–H groups in total. The van der Waals surface area contributed by atoms with Gasteiger partial charge in [0.25, 0.3) is 0 Å². The summed E-state index contributed by atoms with van der Waals surface area (Å²) < 4.78 is 5.13. The number of quaternary nitrogens is 1. The Kier molecular flexibility index (Phi) is 3.04. The van der Waals surface area contributed by atoms with Crippen molar-refractivity contribution in [1.29, 1.82) is 0 Å². The van der Waals surface area contributed by atoms with Gasteiger partial charge in [-0.25, -0.2) is 0 Å². The predicted octanol–water partition coefficient (Wildman–Crippen LogP) is 0.963. The molecular formula is C12H18NO+. The Labute approximate surface area is 85.3 Å². The summed E-state index contributed by atoms with van der Waals surface area (Å²) in [4.78, 5) is 0. The van der Waals surface area contributed by atoms with Gasteiger partial charge >= 0.3 is 0 Å². The highest BCUT2D eigenvalue weighted by atomic mass is 16.5. The topological polar surface area (TPSA) is 25.8 Å². The first-order chi connectivity index (χ1) is 6.88. The monoisotopic (exact) mass is 192 g/mol. The van der Waals surface area contributed by atoms with Crippen molar-refractivity contribution < 1.29 is 10.1 Å². The van der Waals surface area contributed by atoms with Crippen LogP contribution in [0.4, 0.5) is 0 Å². The van der Waals surface area contributed by atoms with E-state index in [0.29, 0.717) is 0 Å². The van der Waals surface area contributed by atoms with Crippen molar-refractivity contribution in [3.63, 3.8) is 0 Å². The molecule has 76 valence electrons. The summed E-state index contributed by atoms with van der Waals surface area (Å²) in [5, 5.41) is 2.46. The highest BCUT2D eigenvalue weighted by Gasteiger charge is 2.18. The van der Waals surface area contributed by atoms with E-state index >= 15 is 0 Å². The van der Waals surface area contributed by atoms with E-state index < -0.39 is 0 Å². The Bertz CT molecular complexity index is 275. The molecule has 1 heterocycles. The second-order valence-electron chi connectivity index (χ2n) is 3.98. The third-order valence-corrected chi connectivity index (χ3v) is 2.94. The molecule has 1 aliphatic rings. The molecule has 0 unspecified atom stereocenters. The summed E-state index contributed by atoms with van der Waals surface area (Å²) in [7, 11) is 1.71. The number of hydrogen-bond donors (Lipinski definition) is 1. The standard InChI is InChI=1S/C12H17NO/c1-14-12-6-4-10(5-7-12)9-11-3-2-8-13-11/h4-7,11,13H,2-3,8-9H2,1H3/p+1/t11-/m1/s1. The average Bonchev–Trinajstić information content (AvgIpc) is 2.72. The smallest absolute Gasteiger partial charge is 0.118 e. The molecule has 2 heteroatoms. The van der Waals surface area contributed by atoms with Gasteiger partial charge in [-0.3, -0.25) is 0 Å². The van der Waals surface area contributed by atoms with Crippen LogP contribution in [-0.4, -0.2) is 19.7 Å². The van der Waals surface area contributed by atoms with Crippen molar-refractivity contribution in [1.82, 2.24) is 0 Å². The van der Waals surface area contributed by atoms with Crippen LogP contribution in [0.3, 0.4) is 0 Å². The molecule has 1 atom stereocenters. The summed E-state index contributed by atoms with van der Waals surface area (Å²) in [5.74, 6) is 0.948. The minimum Gasteiger partial charge on any atom is -0.497 e. The zero-order valence-corrected chi connectivity index (χ0v) is 8.70. The van der Waals surface area contributed by atoms with Gasteiger partial charge in [0.1, 0.15) is 5.75 Å². The normalized spacial score (nSPS) is 21.1. The van der Waals surface area contributed by atoms with Crippen molar-refractivity contribution in [2.45, 2.75) is 25.3 Å². The Balaban J connectivity index is 1.95. The largest absolute Gasteiger partial charge is 0.497 e. The van der Waals surface area contributed by atoms with Gasteiger partial charge in [-0.05, 0) is 17.7 Å². The second kappa shape index (κ2) is 4.47. The van der Waals surface area contributed by atoms with Gasteiger partial charge in [-0.2, -0.15) is 0 Å². The third kappa shape index (κ3) is 2.26. The van der Waals surface area contributed by atoms with Crippen molar-refractivity contribution in [2.24, 2.45) is 0 Å². The first-order valence-electron chi connectivity index (χ1n) is 5.35. The lowest BCUT2D eigenvalue weighted by atomic mass is 10.0. The zero-order valence-electron chi connectivity index (χ0n) is 8.70. The number of nitrogens with two attached hydrogens (primary N) is 1. The van der Waals surface area contributed by atoms with Gasteiger partial charge in [-0.15, -0.1) is 0 Å². The molecule has 2 rings (SSSR count). The predicted molar refractivity (Wildman–Crippen MR) is 56.5 cm³/mol. The Morgan fingerprint density at radius 3 is 2.71 bits per heavy atom. The van der Waals surface area contributed by atoms with E-state index in [0.717, 1.165) is 11.8 Å². The van der Waals surface area contributed by atoms with Crippen LogP contribution in [0.2, 0.25) is 0 Å². The Hall–Kier alpha value is -1.02. The molecule has 0 spiro atoms. The number of ether oxygens (including phenoxy) is 1. The third-order valence-electron chi connectivity index (χ3n) is 2.94. The molecule has 1 aromatic carbocycles. The van der Waals surface area contributed by atoms with E-state index in [1.807, 2.05) is 12.1 Å². The number of rotatable bonds is 3. The van der Waals surface area contributed by atoms with Gasteiger partial charge in [0.05, 0.1) is 19.7 Å². The summed E-state index contributed by atoms with van der Waals surface area (Å²) >= 11 is 0. The molecule has 1 fully saturated rings. The highest BCUT2D eigenvalue weighted by molar-refractivity contribution is 5.27. The van der Waals surface area contributed by atoms with Crippen LogP contribution in [0.25, 0.3) is 0 Å². The number of benzene rings is 1. The Morgan fingerprint density at radius 2 is 2.14 bits per heavy atom.